The van der Waals surface area contributed by atoms with Crippen LogP contribution in [-0.4, -0.2) is 7.28 Å². The van der Waals surface area contributed by atoms with Crippen molar-refractivity contribution in [3.63, 3.8) is 0 Å². The van der Waals surface area contributed by atoms with Crippen LogP contribution in [0.5, 0.6) is 0 Å². The Kier molecular flexibility index (Phi) is 1.60. The third-order valence-corrected chi connectivity index (χ3v) is 1.50. The van der Waals surface area contributed by atoms with Crippen LogP contribution < -0.4 is 0 Å². The van der Waals surface area contributed by atoms with E-state index in [2.05, 4.69) is 0 Å². The standard InChI is InChI=1S/C5H11B/c1-2-4-6-5-3-1/h6H,1-5H2. The second kappa shape index (κ2) is 2.28. The Balaban J connectivity index is 2.00. The summed E-state index contributed by atoms with van der Waals surface area (Å²) >= 11 is 0. The molecule has 0 aliphatic carbocycles. The Morgan fingerprint density at radius 1 is 0.833 bits per heavy atom. The largest absolute Gasteiger partial charge is 0.120 e. The van der Waals surface area contributed by atoms with Crippen LogP contribution in [0, 0.1) is 0 Å². The fraction of sp³-hybridized carbons (Fsp3) is 1.00. The maximum Gasteiger partial charge on any atom is 0.120 e. The number of hydrogen-bond donors (Lipinski definition) is 0. The third-order valence-electron chi connectivity index (χ3n) is 1.50. The van der Waals surface area contributed by atoms with Gasteiger partial charge in [-0.3, -0.25) is 0 Å². The quantitative estimate of drug-likeness (QED) is 0.388. The Labute approximate surface area is 40.2 Å². The molecular weight excluding hydrogens is 70.9 g/mol. The summed E-state index contributed by atoms with van der Waals surface area (Å²) in [6.07, 6.45) is 7.50. The van der Waals surface area contributed by atoms with Gasteiger partial charge < -0.3 is 0 Å². The molecule has 6 heavy (non-hydrogen) atoms. The molecule has 0 aromatic heterocycles. The van der Waals surface area contributed by atoms with Gasteiger partial charge in [0.05, 0.1) is 0 Å². The molecule has 1 heterocycles. The molecule has 0 atom stereocenters. The minimum Gasteiger partial charge on any atom is -0.0774 e. The fourth-order valence-corrected chi connectivity index (χ4v) is 1.06. The second-order valence-corrected chi connectivity index (χ2v) is 2.12. The van der Waals surface area contributed by atoms with E-state index in [1.54, 1.807) is 0 Å². The summed E-state index contributed by atoms with van der Waals surface area (Å²) < 4.78 is 0. The van der Waals surface area contributed by atoms with Crippen LogP contribution in [0.15, 0.2) is 0 Å². The highest BCUT2D eigenvalue weighted by molar-refractivity contribution is 6.35. The van der Waals surface area contributed by atoms with Gasteiger partial charge in [0.15, 0.2) is 0 Å². The van der Waals surface area contributed by atoms with Crippen molar-refractivity contribution < 1.29 is 0 Å². The minimum atomic E-state index is 1.50. The zero-order valence-corrected chi connectivity index (χ0v) is 4.24. The first-order valence-electron chi connectivity index (χ1n) is 3.00. The van der Waals surface area contributed by atoms with E-state index in [4.69, 9.17) is 0 Å². The lowest BCUT2D eigenvalue weighted by molar-refractivity contribution is 0.734. The molecule has 0 amide bonds. The van der Waals surface area contributed by atoms with Crippen molar-refractivity contribution in [2.24, 2.45) is 0 Å². The van der Waals surface area contributed by atoms with Gasteiger partial charge in [0.2, 0.25) is 0 Å². The minimum absolute atomic E-state index is 1.50. The molecule has 0 aromatic rings. The number of hydrogen-bond acceptors (Lipinski definition) is 0. The van der Waals surface area contributed by atoms with Crippen molar-refractivity contribution in [3.8, 4) is 0 Å². The molecule has 1 heteroatoms. The summed E-state index contributed by atoms with van der Waals surface area (Å²) in [4.78, 5) is 0. The summed E-state index contributed by atoms with van der Waals surface area (Å²) in [5.74, 6) is 0. The van der Waals surface area contributed by atoms with Crippen molar-refractivity contribution in [1.29, 1.82) is 0 Å². The summed E-state index contributed by atoms with van der Waals surface area (Å²) in [6, 6.07) is 0. The van der Waals surface area contributed by atoms with E-state index in [1.807, 2.05) is 0 Å². The van der Waals surface area contributed by atoms with Crippen molar-refractivity contribution in [2.75, 3.05) is 0 Å². The van der Waals surface area contributed by atoms with E-state index < -0.39 is 0 Å². The normalized spacial score (nSPS) is 22.7. The molecule has 0 aromatic carbocycles. The molecule has 34 valence electrons. The van der Waals surface area contributed by atoms with Crippen LogP contribution in [0.2, 0.25) is 12.6 Å². The van der Waals surface area contributed by atoms with Crippen molar-refractivity contribution >= 4 is 7.28 Å². The molecule has 0 spiro atoms. The van der Waals surface area contributed by atoms with Crippen LogP contribution >= 0.6 is 0 Å². The SMILES string of the molecule is B1CCCCC1. The van der Waals surface area contributed by atoms with Crippen molar-refractivity contribution in [1.82, 2.24) is 0 Å². The maximum atomic E-state index is 1.50. The average Bonchev–Trinajstić information content (AvgIpc) is 1.72. The zero-order valence-electron chi connectivity index (χ0n) is 4.24. The Morgan fingerprint density at radius 2 is 1.50 bits per heavy atom. The second-order valence-electron chi connectivity index (χ2n) is 2.12. The van der Waals surface area contributed by atoms with E-state index in [0.29, 0.717) is 0 Å². The maximum absolute atomic E-state index is 1.50. The van der Waals surface area contributed by atoms with E-state index in [0.717, 1.165) is 0 Å². The van der Waals surface area contributed by atoms with E-state index >= 15 is 0 Å². The smallest absolute Gasteiger partial charge is 0.0774 e. The van der Waals surface area contributed by atoms with Gasteiger partial charge in [-0.1, -0.05) is 31.9 Å². The summed E-state index contributed by atoms with van der Waals surface area (Å²) in [6.45, 7) is 0. The molecule has 0 saturated carbocycles. The van der Waals surface area contributed by atoms with Gasteiger partial charge in [-0.15, -0.1) is 0 Å². The van der Waals surface area contributed by atoms with Gasteiger partial charge in [0, 0.05) is 0 Å². The lowest BCUT2D eigenvalue weighted by Gasteiger charge is -2.04. The van der Waals surface area contributed by atoms with Crippen LogP contribution in [0.3, 0.4) is 0 Å². The van der Waals surface area contributed by atoms with Crippen LogP contribution in [0.25, 0.3) is 0 Å². The average molecular weight is 82.0 g/mol. The van der Waals surface area contributed by atoms with Gasteiger partial charge in [0.1, 0.15) is 7.28 Å². The van der Waals surface area contributed by atoms with Gasteiger partial charge in [-0.05, 0) is 0 Å². The Hall–Kier alpha value is 0.0649. The lowest BCUT2D eigenvalue weighted by Crippen LogP contribution is -1.94. The predicted octanol–water partition coefficient (Wildman–Crippen LogP) is 1.44. The highest BCUT2D eigenvalue weighted by atomic mass is 13.9. The number of rotatable bonds is 0. The van der Waals surface area contributed by atoms with Crippen molar-refractivity contribution in [3.05, 3.63) is 0 Å². The Bertz CT molecular complexity index is 19.4. The lowest BCUT2D eigenvalue weighted by atomic mass is 9.64. The highest BCUT2D eigenvalue weighted by Gasteiger charge is 1.97. The molecule has 1 saturated heterocycles. The predicted molar refractivity (Wildman–Crippen MR) is 30.6 cm³/mol. The molecule has 0 unspecified atom stereocenters. The van der Waals surface area contributed by atoms with E-state index in [9.17, 15) is 0 Å². The van der Waals surface area contributed by atoms with Crippen molar-refractivity contribution in [2.45, 2.75) is 31.9 Å². The highest BCUT2D eigenvalue weighted by Crippen LogP contribution is 2.10. The first-order valence-corrected chi connectivity index (χ1v) is 3.00. The van der Waals surface area contributed by atoms with Crippen LogP contribution in [-0.2, 0) is 0 Å². The molecule has 0 bridgehead atoms. The fourth-order valence-electron chi connectivity index (χ4n) is 1.06. The first kappa shape index (κ1) is 4.23. The monoisotopic (exact) mass is 82.1 g/mol. The van der Waals surface area contributed by atoms with E-state index in [-0.39, 0.29) is 0 Å². The van der Waals surface area contributed by atoms with Gasteiger partial charge in [-0.2, -0.15) is 0 Å². The van der Waals surface area contributed by atoms with E-state index in [1.165, 1.54) is 39.2 Å². The molecule has 1 rings (SSSR count). The third kappa shape index (κ3) is 1.04. The van der Waals surface area contributed by atoms with Crippen LogP contribution in [0.4, 0.5) is 0 Å². The molecule has 0 nitrogen and oxygen atoms in total. The topological polar surface area (TPSA) is 0 Å². The van der Waals surface area contributed by atoms with Gasteiger partial charge >= 0.3 is 0 Å². The zero-order chi connectivity index (χ0) is 4.24. The summed E-state index contributed by atoms with van der Waals surface area (Å²) in [7, 11) is 1.50. The summed E-state index contributed by atoms with van der Waals surface area (Å²) in [5, 5.41) is 0. The molecule has 1 fully saturated rings. The Morgan fingerprint density at radius 3 is 1.67 bits per heavy atom. The molecular formula is C5H11B. The molecule has 1 aliphatic heterocycles. The molecule has 0 N–H and O–H groups in total. The summed E-state index contributed by atoms with van der Waals surface area (Å²) in [5.41, 5.74) is 0. The van der Waals surface area contributed by atoms with Gasteiger partial charge in [0.25, 0.3) is 0 Å². The molecule has 1 aliphatic rings. The van der Waals surface area contributed by atoms with Gasteiger partial charge in [-0.25, -0.2) is 0 Å². The van der Waals surface area contributed by atoms with Crippen LogP contribution in [0.1, 0.15) is 19.3 Å². The molecule has 0 radical (unpaired) electrons. The first-order chi connectivity index (χ1) is 3.00.